The molecule has 0 aliphatic carbocycles. The first-order chi connectivity index (χ1) is 10.4. The van der Waals surface area contributed by atoms with Crippen LogP contribution >= 0.6 is 0 Å². The fourth-order valence-electron chi connectivity index (χ4n) is 2.55. The fraction of sp³-hybridized carbons (Fsp3) is 0. The Morgan fingerprint density at radius 2 is 1.38 bits per heavy atom. The summed E-state index contributed by atoms with van der Waals surface area (Å²) in [5.74, 6) is 0. The van der Waals surface area contributed by atoms with Gasteiger partial charge in [0, 0.05) is 17.3 Å². The van der Waals surface area contributed by atoms with Gasteiger partial charge in [-0.3, -0.25) is 0 Å². The summed E-state index contributed by atoms with van der Waals surface area (Å²) < 4.78 is 1.84. The lowest BCUT2D eigenvalue weighted by Crippen LogP contribution is -1.93. The third-order valence-electron chi connectivity index (χ3n) is 3.57. The van der Waals surface area contributed by atoms with Crippen molar-refractivity contribution in [2.45, 2.75) is 0 Å². The summed E-state index contributed by atoms with van der Waals surface area (Å²) in [6, 6.07) is 22.8. The zero-order chi connectivity index (χ0) is 14.1. The van der Waals surface area contributed by atoms with Crippen molar-refractivity contribution in [3.05, 3.63) is 79.3 Å². The first-order valence-electron chi connectivity index (χ1n) is 6.86. The summed E-state index contributed by atoms with van der Waals surface area (Å²) in [7, 11) is 0. The Kier molecular flexibility index (Phi) is 2.75. The molecule has 0 radical (unpaired) electrons. The fourth-order valence-corrected chi connectivity index (χ4v) is 2.55. The molecule has 0 atom stereocenters. The molecule has 0 aliphatic heterocycles. The van der Waals surface area contributed by atoms with E-state index in [1.165, 1.54) is 5.56 Å². The molecular weight excluding hydrogens is 258 g/mol. The van der Waals surface area contributed by atoms with Gasteiger partial charge in [0.25, 0.3) is 0 Å². The number of benzene rings is 2. The van der Waals surface area contributed by atoms with E-state index in [-0.39, 0.29) is 0 Å². The molecule has 0 N–H and O–H groups in total. The Morgan fingerprint density at radius 1 is 0.714 bits per heavy atom. The predicted octanol–water partition coefficient (Wildman–Crippen LogP) is 4.06. The van der Waals surface area contributed by atoms with Crippen LogP contribution in [0.2, 0.25) is 0 Å². The van der Waals surface area contributed by atoms with E-state index in [1.807, 2.05) is 47.1 Å². The minimum Gasteiger partial charge on any atom is -0.220 e. The van der Waals surface area contributed by atoms with Gasteiger partial charge in [-0.25, -0.2) is 9.50 Å². The molecule has 100 valence electrons. The van der Waals surface area contributed by atoms with Crippen LogP contribution in [0.3, 0.4) is 0 Å². The van der Waals surface area contributed by atoms with Gasteiger partial charge >= 0.3 is 0 Å². The highest BCUT2D eigenvalue weighted by molar-refractivity contribution is 5.81. The molecule has 0 saturated heterocycles. The van der Waals surface area contributed by atoms with Crippen LogP contribution in [0, 0.1) is 0 Å². The molecule has 4 rings (SSSR count). The van der Waals surface area contributed by atoms with Crippen molar-refractivity contribution in [3.8, 4) is 22.3 Å². The van der Waals surface area contributed by atoms with E-state index in [0.717, 1.165) is 22.3 Å². The van der Waals surface area contributed by atoms with Crippen LogP contribution in [0.5, 0.6) is 0 Å². The van der Waals surface area contributed by atoms with E-state index in [9.17, 15) is 0 Å². The summed E-state index contributed by atoms with van der Waals surface area (Å²) in [5, 5.41) is 4.30. The van der Waals surface area contributed by atoms with Crippen LogP contribution in [0.1, 0.15) is 0 Å². The van der Waals surface area contributed by atoms with E-state index in [1.54, 1.807) is 6.33 Å². The molecule has 4 aromatic rings. The van der Waals surface area contributed by atoms with Gasteiger partial charge in [-0.15, -0.1) is 0 Å². The van der Waals surface area contributed by atoms with E-state index >= 15 is 0 Å². The summed E-state index contributed by atoms with van der Waals surface area (Å²) in [4.78, 5) is 4.38. The second kappa shape index (κ2) is 4.87. The van der Waals surface area contributed by atoms with Gasteiger partial charge in [0.05, 0.1) is 0 Å². The maximum absolute atomic E-state index is 4.38. The minimum atomic E-state index is 0.876. The van der Waals surface area contributed by atoms with Crippen LogP contribution in [-0.2, 0) is 0 Å². The molecule has 0 unspecified atom stereocenters. The Bertz CT molecular complexity index is 880. The number of hydrogen-bond donors (Lipinski definition) is 0. The van der Waals surface area contributed by atoms with Crippen LogP contribution < -0.4 is 0 Å². The van der Waals surface area contributed by atoms with Gasteiger partial charge in [0.2, 0.25) is 0 Å². The number of rotatable bonds is 2. The molecular formula is C18H13N3. The lowest BCUT2D eigenvalue weighted by molar-refractivity contribution is 0.963. The van der Waals surface area contributed by atoms with Crippen molar-refractivity contribution in [2.24, 2.45) is 0 Å². The van der Waals surface area contributed by atoms with Crippen LogP contribution in [0.25, 0.3) is 27.9 Å². The third-order valence-corrected chi connectivity index (χ3v) is 3.57. The molecule has 0 bridgehead atoms. The Morgan fingerprint density at radius 3 is 2.10 bits per heavy atom. The van der Waals surface area contributed by atoms with Crippen molar-refractivity contribution in [1.29, 1.82) is 0 Å². The van der Waals surface area contributed by atoms with E-state index in [2.05, 4.69) is 40.4 Å². The summed E-state index contributed by atoms with van der Waals surface area (Å²) >= 11 is 0. The van der Waals surface area contributed by atoms with Crippen LogP contribution in [0.4, 0.5) is 0 Å². The van der Waals surface area contributed by atoms with Crippen molar-refractivity contribution in [1.82, 2.24) is 14.6 Å². The van der Waals surface area contributed by atoms with Gasteiger partial charge < -0.3 is 0 Å². The zero-order valence-corrected chi connectivity index (χ0v) is 11.3. The standard InChI is InChI=1S/C18H13N3/c1-3-7-14(8-4-1)16-11-17(15-9-5-2-6-10-15)18-19-13-20-21(18)12-16/h1-13H. The topological polar surface area (TPSA) is 30.2 Å². The molecule has 0 fully saturated rings. The monoisotopic (exact) mass is 271 g/mol. The third kappa shape index (κ3) is 2.09. The molecule has 2 heterocycles. The average molecular weight is 271 g/mol. The first kappa shape index (κ1) is 11.9. The van der Waals surface area contributed by atoms with Crippen LogP contribution in [-0.4, -0.2) is 14.6 Å². The average Bonchev–Trinajstić information content (AvgIpc) is 3.04. The second-order valence-electron chi connectivity index (χ2n) is 4.90. The largest absolute Gasteiger partial charge is 0.220 e. The second-order valence-corrected chi connectivity index (χ2v) is 4.90. The Balaban J connectivity index is 2.00. The Labute approximate surface area is 122 Å². The predicted molar refractivity (Wildman–Crippen MR) is 83.9 cm³/mol. The van der Waals surface area contributed by atoms with Crippen molar-refractivity contribution in [2.75, 3.05) is 0 Å². The van der Waals surface area contributed by atoms with E-state index in [4.69, 9.17) is 0 Å². The molecule has 0 amide bonds. The normalized spacial score (nSPS) is 10.9. The lowest BCUT2D eigenvalue weighted by atomic mass is 10.0. The van der Waals surface area contributed by atoms with Gasteiger partial charge in [0.1, 0.15) is 6.33 Å². The number of hydrogen-bond acceptors (Lipinski definition) is 2. The highest BCUT2D eigenvalue weighted by atomic mass is 15.3. The van der Waals surface area contributed by atoms with Crippen molar-refractivity contribution >= 4 is 5.65 Å². The molecule has 21 heavy (non-hydrogen) atoms. The maximum atomic E-state index is 4.38. The SMILES string of the molecule is c1ccc(-c2cc(-c3ccccc3)c3ncnn3c2)cc1. The number of pyridine rings is 1. The molecule has 2 aromatic carbocycles. The zero-order valence-electron chi connectivity index (χ0n) is 11.3. The molecule has 3 nitrogen and oxygen atoms in total. The van der Waals surface area contributed by atoms with Gasteiger partial charge in [-0.05, 0) is 17.2 Å². The highest BCUT2D eigenvalue weighted by Gasteiger charge is 2.09. The number of nitrogens with zero attached hydrogens (tertiary/aromatic N) is 3. The first-order valence-corrected chi connectivity index (χ1v) is 6.86. The number of aromatic nitrogens is 3. The summed E-state index contributed by atoms with van der Waals surface area (Å²) in [5.41, 5.74) is 5.42. The lowest BCUT2D eigenvalue weighted by Gasteiger charge is -2.08. The van der Waals surface area contributed by atoms with E-state index in [0.29, 0.717) is 0 Å². The molecule has 0 spiro atoms. The smallest absolute Gasteiger partial charge is 0.163 e. The summed E-state index contributed by atoms with van der Waals surface area (Å²) in [6.45, 7) is 0. The highest BCUT2D eigenvalue weighted by Crippen LogP contribution is 2.28. The van der Waals surface area contributed by atoms with Gasteiger partial charge in [0.15, 0.2) is 5.65 Å². The number of fused-ring (bicyclic) bond motifs is 1. The minimum absolute atomic E-state index is 0.876. The van der Waals surface area contributed by atoms with Crippen molar-refractivity contribution in [3.63, 3.8) is 0 Å². The maximum Gasteiger partial charge on any atom is 0.163 e. The quantitative estimate of drug-likeness (QED) is 0.550. The van der Waals surface area contributed by atoms with Gasteiger partial charge in [-0.1, -0.05) is 60.7 Å². The van der Waals surface area contributed by atoms with E-state index < -0.39 is 0 Å². The van der Waals surface area contributed by atoms with Gasteiger partial charge in [-0.2, -0.15) is 5.10 Å². The molecule has 0 aliphatic rings. The van der Waals surface area contributed by atoms with Crippen molar-refractivity contribution < 1.29 is 0 Å². The Hall–Kier alpha value is -2.94. The molecule has 3 heteroatoms. The summed E-state index contributed by atoms with van der Waals surface area (Å²) in [6.07, 6.45) is 3.61. The molecule has 2 aromatic heterocycles. The molecule has 0 saturated carbocycles. The van der Waals surface area contributed by atoms with Crippen LogP contribution in [0.15, 0.2) is 79.3 Å².